The number of ether oxygens (including phenoxy) is 1. The summed E-state index contributed by atoms with van der Waals surface area (Å²) < 4.78 is 42.2. The van der Waals surface area contributed by atoms with Gasteiger partial charge in [0.25, 0.3) is 0 Å². The van der Waals surface area contributed by atoms with Gasteiger partial charge >= 0.3 is 12.1 Å². The lowest BCUT2D eigenvalue weighted by Crippen LogP contribution is -2.06. The van der Waals surface area contributed by atoms with Crippen LogP contribution in [0.3, 0.4) is 0 Å². The topological polar surface area (TPSA) is 39.2 Å². The molecule has 1 aromatic heterocycles. The lowest BCUT2D eigenvalue weighted by atomic mass is 10.0. The number of alkyl halides is 3. The number of esters is 1. The highest BCUT2D eigenvalue weighted by molar-refractivity contribution is 5.93. The van der Waals surface area contributed by atoms with Gasteiger partial charge in [-0.25, -0.2) is 9.78 Å². The van der Waals surface area contributed by atoms with Crippen molar-refractivity contribution in [1.82, 2.24) is 4.98 Å². The molecule has 2 rings (SSSR count). The van der Waals surface area contributed by atoms with E-state index in [9.17, 15) is 18.0 Å². The van der Waals surface area contributed by atoms with Crippen molar-refractivity contribution in [3.05, 3.63) is 53.3 Å². The minimum atomic E-state index is -4.40. The van der Waals surface area contributed by atoms with Gasteiger partial charge in [0.05, 0.1) is 18.2 Å². The van der Waals surface area contributed by atoms with Crippen molar-refractivity contribution in [2.24, 2.45) is 0 Å². The molecular weight excluding hydrogens is 295 g/mol. The molecule has 0 aliphatic heterocycles. The zero-order chi connectivity index (χ0) is 16.3. The van der Waals surface area contributed by atoms with Crippen LogP contribution in [0.15, 0.2) is 36.5 Å². The summed E-state index contributed by atoms with van der Waals surface area (Å²) in [6, 6.07) is 5.97. The molecule has 0 aliphatic carbocycles. The third-order valence-corrected chi connectivity index (χ3v) is 2.98. The Bertz CT molecular complexity index is 743. The summed E-state index contributed by atoms with van der Waals surface area (Å²) in [7, 11) is 1.20. The monoisotopic (exact) mass is 305 g/mol. The Morgan fingerprint density at radius 1 is 1.23 bits per heavy atom. The number of hydrogen-bond acceptors (Lipinski definition) is 3. The SMILES string of the molecule is C#Cc1ncc(-c2ccc(C(F)(F)F)cc2)cc1C(=O)OC. The molecule has 0 fully saturated rings. The average Bonchev–Trinajstić information content (AvgIpc) is 2.52. The molecule has 6 heteroatoms. The van der Waals surface area contributed by atoms with Crippen LogP contribution < -0.4 is 0 Å². The number of carbonyl (C=O) groups excluding carboxylic acids is 1. The second-order valence-corrected chi connectivity index (χ2v) is 4.33. The summed E-state index contributed by atoms with van der Waals surface area (Å²) in [6.07, 6.45) is 2.25. The highest BCUT2D eigenvalue weighted by Crippen LogP contribution is 2.31. The third kappa shape index (κ3) is 3.09. The summed E-state index contributed by atoms with van der Waals surface area (Å²) in [5.41, 5.74) is 0.393. The zero-order valence-corrected chi connectivity index (χ0v) is 11.4. The predicted octanol–water partition coefficient (Wildman–Crippen LogP) is 3.54. The summed E-state index contributed by atoms with van der Waals surface area (Å²) >= 11 is 0. The van der Waals surface area contributed by atoms with Crippen molar-refractivity contribution in [2.45, 2.75) is 6.18 Å². The fraction of sp³-hybridized carbons (Fsp3) is 0.125. The fourth-order valence-electron chi connectivity index (χ4n) is 1.85. The molecule has 0 aliphatic rings. The highest BCUT2D eigenvalue weighted by atomic mass is 19.4. The summed E-state index contributed by atoms with van der Waals surface area (Å²) in [4.78, 5) is 15.6. The molecule has 0 atom stereocenters. The Balaban J connectivity index is 2.46. The van der Waals surface area contributed by atoms with Gasteiger partial charge in [-0.15, -0.1) is 6.42 Å². The van der Waals surface area contributed by atoms with Gasteiger partial charge in [-0.05, 0) is 29.7 Å². The number of halogens is 3. The molecule has 0 spiro atoms. The van der Waals surface area contributed by atoms with Crippen molar-refractivity contribution >= 4 is 5.97 Å². The average molecular weight is 305 g/mol. The second kappa shape index (κ2) is 5.90. The number of rotatable bonds is 2. The standard InChI is InChI=1S/C16H10F3NO2/c1-3-14-13(15(21)22-2)8-11(9-20-14)10-4-6-12(7-5-10)16(17,18)19/h1,4-9H,2H3. The first-order chi connectivity index (χ1) is 10.4. The largest absolute Gasteiger partial charge is 0.465 e. The smallest absolute Gasteiger partial charge is 0.416 e. The van der Waals surface area contributed by atoms with Crippen LogP contribution in [-0.4, -0.2) is 18.1 Å². The number of carbonyl (C=O) groups is 1. The summed E-state index contributed by atoms with van der Waals surface area (Å²) in [6.45, 7) is 0. The van der Waals surface area contributed by atoms with Crippen molar-refractivity contribution in [2.75, 3.05) is 7.11 Å². The minimum absolute atomic E-state index is 0.0856. The number of benzene rings is 1. The van der Waals surface area contributed by atoms with Gasteiger partial charge in [0, 0.05) is 11.8 Å². The lowest BCUT2D eigenvalue weighted by Gasteiger charge is -2.09. The molecule has 0 bridgehead atoms. The Hall–Kier alpha value is -2.81. The van der Waals surface area contributed by atoms with E-state index in [1.54, 1.807) is 0 Å². The van der Waals surface area contributed by atoms with Crippen molar-refractivity contribution in [3.8, 4) is 23.5 Å². The van der Waals surface area contributed by atoms with Crippen LogP contribution in [0.25, 0.3) is 11.1 Å². The van der Waals surface area contributed by atoms with E-state index in [1.807, 2.05) is 0 Å². The van der Waals surface area contributed by atoms with Crippen molar-refractivity contribution in [3.63, 3.8) is 0 Å². The van der Waals surface area contributed by atoms with Gasteiger partial charge in [0.2, 0.25) is 0 Å². The molecule has 1 heterocycles. The second-order valence-electron chi connectivity index (χ2n) is 4.33. The molecule has 0 amide bonds. The van der Waals surface area contributed by atoms with Crippen LogP contribution in [0.1, 0.15) is 21.6 Å². The molecule has 3 nitrogen and oxygen atoms in total. The number of methoxy groups -OCH3 is 1. The fourth-order valence-corrected chi connectivity index (χ4v) is 1.85. The first-order valence-corrected chi connectivity index (χ1v) is 6.09. The first kappa shape index (κ1) is 15.6. The zero-order valence-electron chi connectivity index (χ0n) is 11.4. The molecule has 2 aromatic rings. The molecule has 0 unspecified atom stereocenters. The molecular formula is C16H10F3NO2. The molecule has 0 saturated carbocycles. The normalized spacial score (nSPS) is 10.9. The van der Waals surface area contributed by atoms with E-state index in [2.05, 4.69) is 15.6 Å². The van der Waals surface area contributed by atoms with Gasteiger partial charge in [0.15, 0.2) is 0 Å². The highest BCUT2D eigenvalue weighted by Gasteiger charge is 2.30. The molecule has 1 aromatic carbocycles. The summed E-state index contributed by atoms with van der Waals surface area (Å²) in [5.74, 6) is 1.60. The van der Waals surface area contributed by atoms with E-state index in [0.717, 1.165) is 12.1 Å². The van der Waals surface area contributed by atoms with Gasteiger partial charge in [-0.1, -0.05) is 12.1 Å². The van der Waals surface area contributed by atoms with E-state index in [4.69, 9.17) is 6.42 Å². The van der Waals surface area contributed by atoms with Crippen LogP contribution in [0, 0.1) is 12.3 Å². The Labute approximate surface area is 124 Å². The molecule has 0 radical (unpaired) electrons. The predicted molar refractivity (Wildman–Crippen MR) is 73.9 cm³/mol. The number of hydrogen-bond donors (Lipinski definition) is 0. The van der Waals surface area contributed by atoms with Crippen molar-refractivity contribution in [1.29, 1.82) is 0 Å². The van der Waals surface area contributed by atoms with Crippen LogP contribution in [-0.2, 0) is 10.9 Å². The van der Waals surface area contributed by atoms with Gasteiger partial charge in [0.1, 0.15) is 5.69 Å². The van der Waals surface area contributed by atoms with E-state index in [0.29, 0.717) is 11.1 Å². The van der Waals surface area contributed by atoms with Gasteiger partial charge in [-0.2, -0.15) is 13.2 Å². The van der Waals surface area contributed by atoms with Crippen LogP contribution >= 0.6 is 0 Å². The van der Waals surface area contributed by atoms with E-state index >= 15 is 0 Å². The Kier molecular flexibility index (Phi) is 4.18. The van der Waals surface area contributed by atoms with Crippen molar-refractivity contribution < 1.29 is 22.7 Å². The number of aromatic nitrogens is 1. The Morgan fingerprint density at radius 2 is 1.86 bits per heavy atom. The van der Waals surface area contributed by atoms with Crippen LogP contribution in [0.2, 0.25) is 0 Å². The van der Waals surface area contributed by atoms with Crippen LogP contribution in [0.4, 0.5) is 13.2 Å². The minimum Gasteiger partial charge on any atom is -0.465 e. The molecule has 0 N–H and O–H groups in total. The molecule has 0 saturated heterocycles. The first-order valence-electron chi connectivity index (χ1n) is 6.09. The van der Waals surface area contributed by atoms with E-state index < -0.39 is 17.7 Å². The van der Waals surface area contributed by atoms with E-state index in [1.165, 1.54) is 31.5 Å². The Morgan fingerprint density at radius 3 is 2.36 bits per heavy atom. The van der Waals surface area contributed by atoms with Crippen LogP contribution in [0.5, 0.6) is 0 Å². The number of terminal acetylenes is 1. The maximum atomic E-state index is 12.5. The van der Waals surface area contributed by atoms with E-state index in [-0.39, 0.29) is 11.3 Å². The number of nitrogens with zero attached hydrogens (tertiary/aromatic N) is 1. The van der Waals surface area contributed by atoms with Gasteiger partial charge < -0.3 is 4.74 Å². The molecule has 22 heavy (non-hydrogen) atoms. The summed E-state index contributed by atoms with van der Waals surface area (Å²) in [5, 5.41) is 0. The maximum absolute atomic E-state index is 12.5. The molecule has 112 valence electrons. The number of pyridine rings is 1. The quantitative estimate of drug-likeness (QED) is 0.629. The third-order valence-electron chi connectivity index (χ3n) is 2.98. The lowest BCUT2D eigenvalue weighted by molar-refractivity contribution is -0.137. The van der Waals surface area contributed by atoms with Gasteiger partial charge in [-0.3, -0.25) is 0 Å². The maximum Gasteiger partial charge on any atom is 0.416 e.